The minimum atomic E-state index is -3.47. The lowest BCUT2D eigenvalue weighted by molar-refractivity contribution is -0.126. The number of nitrogens with one attached hydrogen (secondary N) is 1. The van der Waals surface area contributed by atoms with Crippen molar-refractivity contribution in [1.29, 1.82) is 0 Å². The molecule has 0 aliphatic carbocycles. The van der Waals surface area contributed by atoms with Crippen LogP contribution in [0.15, 0.2) is 65.6 Å². The fourth-order valence-corrected chi connectivity index (χ4v) is 5.07. The van der Waals surface area contributed by atoms with Crippen molar-refractivity contribution in [3.63, 3.8) is 0 Å². The van der Waals surface area contributed by atoms with Gasteiger partial charge in [-0.1, -0.05) is 36.4 Å². The molecule has 1 aliphatic rings. The van der Waals surface area contributed by atoms with Gasteiger partial charge >= 0.3 is 0 Å². The third kappa shape index (κ3) is 5.58. The molecule has 2 aromatic carbocycles. The largest absolute Gasteiger partial charge is 0.375 e. The van der Waals surface area contributed by atoms with Crippen LogP contribution in [-0.4, -0.2) is 51.9 Å². The van der Waals surface area contributed by atoms with E-state index in [1.54, 1.807) is 30.3 Å². The van der Waals surface area contributed by atoms with Gasteiger partial charge in [-0.15, -0.1) is 0 Å². The first-order valence-electron chi connectivity index (χ1n) is 10.1. The van der Waals surface area contributed by atoms with Crippen LogP contribution in [0.25, 0.3) is 0 Å². The van der Waals surface area contributed by atoms with Gasteiger partial charge in [0.05, 0.1) is 4.90 Å². The second-order valence-corrected chi connectivity index (χ2v) is 9.33. The van der Waals surface area contributed by atoms with Gasteiger partial charge in [-0.05, 0) is 43.5 Å². The van der Waals surface area contributed by atoms with Gasteiger partial charge in [0.25, 0.3) is 0 Å². The highest BCUT2D eigenvalue weighted by Crippen LogP contribution is 2.23. The van der Waals surface area contributed by atoms with E-state index in [-0.39, 0.29) is 11.8 Å². The molecule has 2 aromatic rings. The maximum absolute atomic E-state index is 12.7. The predicted molar refractivity (Wildman–Crippen MR) is 115 cm³/mol. The first-order chi connectivity index (χ1) is 14.0. The van der Waals surface area contributed by atoms with Gasteiger partial charge < -0.3 is 10.2 Å². The van der Waals surface area contributed by atoms with Crippen LogP contribution in [0.2, 0.25) is 0 Å². The summed E-state index contributed by atoms with van der Waals surface area (Å²) in [7, 11) is -1.43. The number of anilines is 1. The van der Waals surface area contributed by atoms with Gasteiger partial charge in [-0.3, -0.25) is 4.79 Å². The van der Waals surface area contributed by atoms with E-state index in [1.807, 2.05) is 25.2 Å². The smallest absolute Gasteiger partial charge is 0.243 e. The molecule has 0 atom stereocenters. The maximum Gasteiger partial charge on any atom is 0.243 e. The number of benzene rings is 2. The zero-order chi connectivity index (χ0) is 20.7. The van der Waals surface area contributed by atoms with E-state index in [0.29, 0.717) is 37.4 Å². The minimum Gasteiger partial charge on any atom is -0.375 e. The molecule has 1 N–H and O–H groups in total. The highest BCUT2D eigenvalue weighted by atomic mass is 32.2. The summed E-state index contributed by atoms with van der Waals surface area (Å²) in [5, 5.41) is 3.01. The molecular formula is C22H29N3O3S. The van der Waals surface area contributed by atoms with E-state index in [4.69, 9.17) is 0 Å². The monoisotopic (exact) mass is 415 g/mol. The summed E-state index contributed by atoms with van der Waals surface area (Å²) in [6, 6.07) is 18.6. The van der Waals surface area contributed by atoms with Crippen LogP contribution in [0, 0.1) is 5.92 Å². The highest BCUT2D eigenvalue weighted by molar-refractivity contribution is 7.89. The molecule has 1 saturated heterocycles. The molecule has 7 heteroatoms. The van der Waals surface area contributed by atoms with Crippen LogP contribution in [0.1, 0.15) is 19.3 Å². The van der Waals surface area contributed by atoms with E-state index in [1.165, 1.54) is 4.31 Å². The Kier molecular flexibility index (Phi) is 7.28. The molecule has 1 amide bonds. The van der Waals surface area contributed by atoms with Crippen LogP contribution in [-0.2, 0) is 14.8 Å². The summed E-state index contributed by atoms with van der Waals surface area (Å²) < 4.78 is 26.8. The summed E-state index contributed by atoms with van der Waals surface area (Å²) in [5.41, 5.74) is 1.16. The van der Waals surface area contributed by atoms with Crippen LogP contribution in [0.4, 0.5) is 5.69 Å². The minimum absolute atomic E-state index is 0.0316. The van der Waals surface area contributed by atoms with E-state index in [0.717, 1.165) is 18.7 Å². The molecular weight excluding hydrogens is 386 g/mol. The Labute approximate surface area is 173 Å². The Hall–Kier alpha value is -2.38. The number of sulfonamides is 1. The number of hydrogen-bond acceptors (Lipinski definition) is 4. The molecule has 29 heavy (non-hydrogen) atoms. The highest BCUT2D eigenvalue weighted by Gasteiger charge is 2.31. The van der Waals surface area contributed by atoms with E-state index in [9.17, 15) is 13.2 Å². The van der Waals surface area contributed by atoms with Gasteiger partial charge in [-0.25, -0.2) is 8.42 Å². The molecule has 0 aromatic heterocycles. The van der Waals surface area contributed by atoms with Crippen molar-refractivity contribution >= 4 is 21.6 Å². The second kappa shape index (κ2) is 9.89. The molecule has 1 aliphatic heterocycles. The molecule has 0 saturated carbocycles. The molecule has 3 rings (SSSR count). The number of carbonyl (C=O) groups is 1. The fraction of sp³-hybridized carbons (Fsp3) is 0.409. The van der Waals surface area contributed by atoms with Crippen molar-refractivity contribution < 1.29 is 13.2 Å². The Morgan fingerprint density at radius 2 is 1.62 bits per heavy atom. The standard InChI is InChI=1S/C22H29N3O3S/c1-24(20-9-4-2-5-10-20)16-8-15-23-22(26)19-13-17-25(18-14-19)29(27,28)21-11-6-3-7-12-21/h2-7,9-12,19H,8,13-18H2,1H3,(H,23,26). The van der Waals surface area contributed by atoms with Crippen LogP contribution in [0.5, 0.6) is 0 Å². The number of nitrogens with zero attached hydrogens (tertiary/aromatic N) is 2. The van der Waals surface area contributed by atoms with Crippen LogP contribution in [0.3, 0.4) is 0 Å². The number of amides is 1. The lowest BCUT2D eigenvalue weighted by atomic mass is 9.97. The van der Waals surface area contributed by atoms with Gasteiger partial charge in [0.1, 0.15) is 0 Å². The summed E-state index contributed by atoms with van der Waals surface area (Å²) >= 11 is 0. The lowest BCUT2D eigenvalue weighted by Crippen LogP contribution is -2.43. The fourth-order valence-electron chi connectivity index (χ4n) is 3.58. The topological polar surface area (TPSA) is 69.7 Å². The Bertz CT molecular complexity index is 880. The molecule has 0 unspecified atom stereocenters. The number of hydrogen-bond donors (Lipinski definition) is 1. The van der Waals surface area contributed by atoms with Gasteiger partial charge in [-0.2, -0.15) is 4.31 Å². The van der Waals surface area contributed by atoms with Gasteiger partial charge in [0, 0.05) is 44.8 Å². The van der Waals surface area contributed by atoms with E-state index < -0.39 is 10.0 Å². The first kappa shape index (κ1) is 21.3. The quantitative estimate of drug-likeness (QED) is 0.673. The third-order valence-electron chi connectivity index (χ3n) is 5.37. The van der Waals surface area contributed by atoms with Crippen LogP contribution < -0.4 is 10.2 Å². The van der Waals surface area contributed by atoms with Crippen molar-refractivity contribution in [2.24, 2.45) is 5.92 Å². The molecule has 1 heterocycles. The van der Waals surface area contributed by atoms with Crippen molar-refractivity contribution in [3.8, 4) is 0 Å². The maximum atomic E-state index is 12.7. The van der Waals surface area contributed by atoms with Crippen LogP contribution >= 0.6 is 0 Å². The van der Waals surface area contributed by atoms with Gasteiger partial charge in [0.15, 0.2) is 0 Å². The van der Waals surface area contributed by atoms with Crippen molar-refractivity contribution in [2.75, 3.05) is 38.1 Å². The number of para-hydroxylation sites is 1. The number of piperidine rings is 1. The summed E-state index contributed by atoms with van der Waals surface area (Å²) in [4.78, 5) is 14.9. The normalized spacial score (nSPS) is 15.8. The zero-order valence-corrected chi connectivity index (χ0v) is 17.6. The average Bonchev–Trinajstić information content (AvgIpc) is 2.77. The Morgan fingerprint density at radius 1 is 1.03 bits per heavy atom. The molecule has 1 fully saturated rings. The Morgan fingerprint density at radius 3 is 2.24 bits per heavy atom. The Balaban J connectivity index is 1.40. The summed E-state index contributed by atoms with van der Waals surface area (Å²) in [6.45, 7) is 2.24. The van der Waals surface area contributed by atoms with Gasteiger partial charge in [0.2, 0.25) is 15.9 Å². The average molecular weight is 416 g/mol. The second-order valence-electron chi connectivity index (χ2n) is 7.39. The molecule has 156 valence electrons. The van der Waals surface area contributed by atoms with Crippen molar-refractivity contribution in [3.05, 3.63) is 60.7 Å². The first-order valence-corrected chi connectivity index (χ1v) is 11.5. The summed E-state index contributed by atoms with van der Waals surface area (Å²) in [6.07, 6.45) is 1.97. The SMILES string of the molecule is CN(CCCNC(=O)C1CCN(S(=O)(=O)c2ccccc2)CC1)c1ccccc1. The van der Waals surface area contributed by atoms with E-state index in [2.05, 4.69) is 22.3 Å². The number of carbonyl (C=O) groups excluding carboxylic acids is 1. The molecule has 0 bridgehead atoms. The van der Waals surface area contributed by atoms with Crippen molar-refractivity contribution in [2.45, 2.75) is 24.2 Å². The van der Waals surface area contributed by atoms with E-state index >= 15 is 0 Å². The zero-order valence-electron chi connectivity index (χ0n) is 16.8. The molecule has 6 nitrogen and oxygen atoms in total. The predicted octanol–water partition coefficient (Wildman–Crippen LogP) is 2.73. The number of rotatable bonds is 8. The summed E-state index contributed by atoms with van der Waals surface area (Å²) in [5.74, 6) is -0.0896. The molecule has 0 spiro atoms. The molecule has 0 radical (unpaired) electrons. The van der Waals surface area contributed by atoms with Crippen molar-refractivity contribution in [1.82, 2.24) is 9.62 Å². The third-order valence-corrected chi connectivity index (χ3v) is 7.29. The lowest BCUT2D eigenvalue weighted by Gasteiger charge is -2.30.